The third kappa shape index (κ3) is 2.23. The fourth-order valence-corrected chi connectivity index (χ4v) is 2.87. The summed E-state index contributed by atoms with van der Waals surface area (Å²) in [5.41, 5.74) is -0.404. The van der Waals surface area contributed by atoms with Gasteiger partial charge in [0.25, 0.3) is 0 Å². The first kappa shape index (κ1) is 9.47. The van der Waals surface area contributed by atoms with E-state index in [1.807, 2.05) is 6.92 Å². The average Bonchev–Trinajstić information content (AvgIpc) is 2.53. The third-order valence-corrected chi connectivity index (χ3v) is 3.70. The number of nitrogens with one attached hydrogen (secondary N) is 1. The van der Waals surface area contributed by atoms with Crippen LogP contribution in [0.2, 0.25) is 0 Å². The summed E-state index contributed by atoms with van der Waals surface area (Å²) >= 11 is 0. The molecule has 1 aliphatic heterocycles. The maximum atomic E-state index is 9.97. The van der Waals surface area contributed by atoms with Gasteiger partial charge in [0.1, 0.15) is 0 Å². The van der Waals surface area contributed by atoms with Crippen molar-refractivity contribution in [1.29, 1.82) is 0 Å². The molecule has 1 aliphatic carbocycles. The first-order valence-corrected chi connectivity index (χ1v) is 5.63. The van der Waals surface area contributed by atoms with Gasteiger partial charge in [-0.3, -0.25) is 0 Å². The Hall–Kier alpha value is -0.0800. The molecule has 0 radical (unpaired) electrons. The van der Waals surface area contributed by atoms with Crippen LogP contribution in [0.3, 0.4) is 0 Å². The van der Waals surface area contributed by atoms with Crippen LogP contribution in [0.5, 0.6) is 0 Å². The first-order valence-electron chi connectivity index (χ1n) is 5.63. The molecule has 2 rings (SSSR count). The maximum Gasteiger partial charge on any atom is 0.0646 e. The second-order valence-corrected chi connectivity index (χ2v) is 5.06. The number of piperidine rings is 1. The van der Waals surface area contributed by atoms with E-state index in [0.717, 1.165) is 25.3 Å². The molecule has 0 aromatic carbocycles. The topological polar surface area (TPSA) is 32.3 Å². The lowest BCUT2D eigenvalue weighted by atomic mass is 9.83. The van der Waals surface area contributed by atoms with Crippen LogP contribution in [0.4, 0.5) is 0 Å². The minimum absolute atomic E-state index is 0.404. The lowest BCUT2D eigenvalue weighted by molar-refractivity contribution is 0.00440. The van der Waals surface area contributed by atoms with E-state index in [9.17, 15) is 5.11 Å². The van der Waals surface area contributed by atoms with Crippen molar-refractivity contribution in [3.8, 4) is 0 Å². The van der Waals surface area contributed by atoms with Crippen LogP contribution in [-0.4, -0.2) is 23.3 Å². The minimum atomic E-state index is -0.404. The molecule has 2 fully saturated rings. The number of hydrogen-bond donors (Lipinski definition) is 2. The monoisotopic (exact) mass is 183 g/mol. The Kier molecular flexibility index (Phi) is 2.61. The molecule has 1 saturated heterocycles. The van der Waals surface area contributed by atoms with E-state index in [-0.39, 0.29) is 0 Å². The Morgan fingerprint density at radius 3 is 2.62 bits per heavy atom. The molecular formula is C11H21NO. The highest BCUT2D eigenvalue weighted by atomic mass is 16.3. The molecule has 0 amide bonds. The largest absolute Gasteiger partial charge is 0.390 e. The molecule has 2 N–H and O–H groups in total. The zero-order chi connectivity index (χ0) is 9.31. The van der Waals surface area contributed by atoms with Gasteiger partial charge in [-0.05, 0) is 45.1 Å². The smallest absolute Gasteiger partial charge is 0.0646 e. The molecule has 13 heavy (non-hydrogen) atoms. The lowest BCUT2D eigenvalue weighted by Gasteiger charge is -2.37. The predicted octanol–water partition coefficient (Wildman–Crippen LogP) is 1.68. The van der Waals surface area contributed by atoms with Gasteiger partial charge in [0.2, 0.25) is 0 Å². The van der Waals surface area contributed by atoms with E-state index >= 15 is 0 Å². The van der Waals surface area contributed by atoms with Crippen molar-refractivity contribution in [2.75, 3.05) is 6.54 Å². The highest BCUT2D eigenvalue weighted by Crippen LogP contribution is 2.33. The van der Waals surface area contributed by atoms with Crippen LogP contribution in [0.25, 0.3) is 0 Å². The lowest BCUT2D eigenvalue weighted by Crippen LogP contribution is -2.49. The second-order valence-electron chi connectivity index (χ2n) is 5.06. The quantitative estimate of drug-likeness (QED) is 0.648. The summed E-state index contributed by atoms with van der Waals surface area (Å²) in [5, 5.41) is 13.5. The van der Waals surface area contributed by atoms with E-state index in [2.05, 4.69) is 5.32 Å². The van der Waals surface area contributed by atoms with E-state index in [4.69, 9.17) is 0 Å². The maximum absolute atomic E-state index is 9.97. The van der Waals surface area contributed by atoms with Gasteiger partial charge in [0, 0.05) is 6.04 Å². The summed E-state index contributed by atoms with van der Waals surface area (Å²) in [5.74, 6) is 0.840. The fraction of sp³-hybridized carbons (Fsp3) is 1.00. The molecule has 2 unspecified atom stereocenters. The van der Waals surface area contributed by atoms with E-state index in [0.29, 0.717) is 6.04 Å². The van der Waals surface area contributed by atoms with E-state index in [1.54, 1.807) is 0 Å². The van der Waals surface area contributed by atoms with Gasteiger partial charge in [-0.2, -0.15) is 0 Å². The normalized spacial score (nSPS) is 42.5. The number of hydrogen-bond acceptors (Lipinski definition) is 2. The van der Waals surface area contributed by atoms with Crippen molar-refractivity contribution in [2.45, 2.75) is 57.1 Å². The van der Waals surface area contributed by atoms with Crippen LogP contribution < -0.4 is 5.32 Å². The van der Waals surface area contributed by atoms with Crippen molar-refractivity contribution in [3.63, 3.8) is 0 Å². The molecule has 0 aromatic heterocycles. The van der Waals surface area contributed by atoms with Gasteiger partial charge < -0.3 is 10.4 Å². The Balaban J connectivity index is 1.91. The molecule has 2 atom stereocenters. The van der Waals surface area contributed by atoms with E-state index < -0.39 is 5.60 Å². The van der Waals surface area contributed by atoms with Crippen LogP contribution in [0.15, 0.2) is 0 Å². The minimum Gasteiger partial charge on any atom is -0.390 e. The summed E-state index contributed by atoms with van der Waals surface area (Å²) in [6.45, 7) is 2.98. The van der Waals surface area contributed by atoms with Crippen LogP contribution in [0.1, 0.15) is 45.4 Å². The van der Waals surface area contributed by atoms with Gasteiger partial charge in [0.15, 0.2) is 0 Å². The van der Waals surface area contributed by atoms with Gasteiger partial charge in [-0.1, -0.05) is 12.8 Å². The summed E-state index contributed by atoms with van der Waals surface area (Å²) in [6.07, 6.45) is 7.39. The molecule has 2 nitrogen and oxygen atoms in total. The summed E-state index contributed by atoms with van der Waals surface area (Å²) in [4.78, 5) is 0. The van der Waals surface area contributed by atoms with E-state index in [1.165, 1.54) is 25.7 Å². The predicted molar refractivity (Wildman–Crippen MR) is 53.6 cm³/mol. The van der Waals surface area contributed by atoms with Gasteiger partial charge in [0.05, 0.1) is 5.60 Å². The Labute approximate surface area is 80.7 Å². The fourth-order valence-electron chi connectivity index (χ4n) is 2.87. The molecule has 76 valence electrons. The third-order valence-electron chi connectivity index (χ3n) is 3.70. The summed E-state index contributed by atoms with van der Waals surface area (Å²) in [6, 6.07) is 0.589. The van der Waals surface area contributed by atoms with Crippen molar-refractivity contribution < 1.29 is 5.11 Å². The van der Waals surface area contributed by atoms with Crippen LogP contribution in [-0.2, 0) is 0 Å². The van der Waals surface area contributed by atoms with Crippen molar-refractivity contribution in [2.24, 2.45) is 5.92 Å². The Bertz CT molecular complexity index is 173. The highest BCUT2D eigenvalue weighted by Gasteiger charge is 2.34. The molecule has 1 heterocycles. The molecule has 0 aromatic rings. The molecule has 0 spiro atoms. The van der Waals surface area contributed by atoms with Gasteiger partial charge >= 0.3 is 0 Å². The number of aliphatic hydroxyl groups is 1. The molecule has 2 aliphatic rings. The molecule has 1 saturated carbocycles. The van der Waals surface area contributed by atoms with Crippen molar-refractivity contribution in [3.05, 3.63) is 0 Å². The summed E-state index contributed by atoms with van der Waals surface area (Å²) in [7, 11) is 0. The SMILES string of the molecule is CC1(O)CCNC(C2CCCC2)C1. The average molecular weight is 183 g/mol. The zero-order valence-corrected chi connectivity index (χ0v) is 8.55. The van der Waals surface area contributed by atoms with Crippen molar-refractivity contribution in [1.82, 2.24) is 5.32 Å². The van der Waals surface area contributed by atoms with Crippen LogP contribution in [0, 0.1) is 5.92 Å². The highest BCUT2D eigenvalue weighted by molar-refractivity contribution is 4.91. The first-order chi connectivity index (χ1) is 6.17. The Morgan fingerprint density at radius 2 is 2.00 bits per heavy atom. The summed E-state index contributed by atoms with van der Waals surface area (Å²) < 4.78 is 0. The van der Waals surface area contributed by atoms with Crippen molar-refractivity contribution >= 4 is 0 Å². The second kappa shape index (κ2) is 3.58. The zero-order valence-electron chi connectivity index (χ0n) is 8.55. The van der Waals surface area contributed by atoms with Gasteiger partial charge in [-0.25, -0.2) is 0 Å². The number of rotatable bonds is 1. The molecular weight excluding hydrogens is 162 g/mol. The molecule has 0 bridgehead atoms. The standard InChI is InChI=1S/C11H21NO/c1-11(13)6-7-12-10(8-11)9-4-2-3-5-9/h9-10,12-13H,2-8H2,1H3. The van der Waals surface area contributed by atoms with Gasteiger partial charge in [-0.15, -0.1) is 0 Å². The Morgan fingerprint density at radius 1 is 1.31 bits per heavy atom. The molecule has 2 heteroatoms. The van der Waals surface area contributed by atoms with Crippen LogP contribution >= 0.6 is 0 Å².